The molecule has 0 aliphatic heterocycles. The molecule has 9 heteroatoms. The van der Waals surface area contributed by atoms with Crippen LogP contribution in [0.5, 0.6) is 0 Å². The van der Waals surface area contributed by atoms with Crippen molar-refractivity contribution >= 4 is 87.5 Å². The highest BCUT2D eigenvalue weighted by Crippen LogP contribution is 2.55. The van der Waals surface area contributed by atoms with Crippen LogP contribution in [0.25, 0.3) is 22.3 Å². The molecule has 0 radical (unpaired) electrons. The molecule has 0 aromatic heterocycles. The highest BCUT2D eigenvalue weighted by molar-refractivity contribution is 9.11. The van der Waals surface area contributed by atoms with E-state index in [0.29, 0.717) is 5.92 Å². The fourth-order valence-electron chi connectivity index (χ4n) is 7.42. The molecule has 0 spiro atoms. The summed E-state index contributed by atoms with van der Waals surface area (Å²) in [5.74, 6) is 14.3. The molecule has 0 N–H and O–H groups in total. The van der Waals surface area contributed by atoms with E-state index in [1.54, 1.807) is 7.11 Å². The molecule has 3 nitrogen and oxygen atoms in total. The Morgan fingerprint density at radius 1 is 0.650 bits per heavy atom. The average molecular weight is 1100 g/mol. The number of thioether (sulfide) groups is 1. The highest BCUT2D eigenvalue weighted by Gasteiger charge is 2.46. The average Bonchev–Trinajstić information content (AvgIpc) is 3.60. The van der Waals surface area contributed by atoms with E-state index in [2.05, 4.69) is 198 Å². The van der Waals surface area contributed by atoms with Gasteiger partial charge < -0.3 is 9.47 Å². The second kappa shape index (κ2) is 24.0. The predicted molar refractivity (Wildman–Crippen MR) is 275 cm³/mol. The summed E-state index contributed by atoms with van der Waals surface area (Å²) in [4.78, 5) is 0. The number of halogens is 4. The van der Waals surface area contributed by atoms with Gasteiger partial charge in [0.05, 0.1) is 0 Å². The largest absolute Gasteiger partial charge is 0.359 e. The van der Waals surface area contributed by atoms with Crippen LogP contribution in [0.2, 0.25) is 0 Å². The summed E-state index contributed by atoms with van der Waals surface area (Å²) in [6, 6.07) is 21.2. The molecule has 0 heterocycles. The third kappa shape index (κ3) is 12.2. The van der Waals surface area contributed by atoms with Gasteiger partial charge in [-0.3, -0.25) is 4.18 Å². The molecule has 0 amide bonds. The molecule has 0 saturated heterocycles. The van der Waals surface area contributed by atoms with Crippen LogP contribution in [0.4, 0.5) is 0 Å². The lowest BCUT2D eigenvalue weighted by Crippen LogP contribution is -2.28. The van der Waals surface area contributed by atoms with Crippen LogP contribution in [0.3, 0.4) is 0 Å². The Morgan fingerprint density at radius 2 is 1.17 bits per heavy atom. The molecule has 0 fully saturated rings. The predicted octanol–water partition coefficient (Wildman–Crippen LogP) is 17.0. The van der Waals surface area contributed by atoms with Crippen molar-refractivity contribution in [2.24, 2.45) is 5.92 Å². The molecule has 0 saturated carbocycles. The maximum Gasteiger partial charge on any atom is 0.194 e. The minimum atomic E-state index is -0.807. The van der Waals surface area contributed by atoms with Gasteiger partial charge in [-0.1, -0.05) is 179 Å². The van der Waals surface area contributed by atoms with Crippen LogP contribution in [-0.4, -0.2) is 30.7 Å². The summed E-state index contributed by atoms with van der Waals surface area (Å²) < 4.78 is 22.1. The molecule has 0 unspecified atom stereocenters. The monoisotopic (exact) mass is 1100 g/mol. The van der Waals surface area contributed by atoms with Crippen molar-refractivity contribution in [1.29, 1.82) is 0 Å². The minimum Gasteiger partial charge on any atom is -0.359 e. The highest BCUT2D eigenvalue weighted by atomic mass is 79.9. The fraction of sp³-hybridized carbons (Fsp3) is 0.451. The van der Waals surface area contributed by atoms with Crippen molar-refractivity contribution in [2.75, 3.05) is 20.2 Å². The Bertz CT molecular complexity index is 2090. The van der Waals surface area contributed by atoms with Crippen molar-refractivity contribution in [2.45, 2.75) is 123 Å². The second-order valence-electron chi connectivity index (χ2n) is 16.0. The number of unbranched alkanes of at least 4 members (excludes halogenated alkanes) is 4. The van der Waals surface area contributed by atoms with Crippen LogP contribution >= 0.6 is 87.5 Å². The lowest BCUT2D eigenvalue weighted by molar-refractivity contribution is -0.0877. The zero-order chi connectivity index (χ0) is 44.2. The number of hydrogen-bond donors (Lipinski definition) is 0. The van der Waals surface area contributed by atoms with Crippen LogP contribution < -0.4 is 0 Å². The molecule has 60 heavy (non-hydrogen) atoms. The summed E-state index contributed by atoms with van der Waals surface area (Å²) >= 11 is 18.2. The van der Waals surface area contributed by atoms with Crippen LogP contribution in [0.1, 0.15) is 120 Å². The molecule has 2 aliphatic rings. The van der Waals surface area contributed by atoms with Gasteiger partial charge in [0.1, 0.15) is 6.79 Å². The smallest absolute Gasteiger partial charge is 0.194 e. The van der Waals surface area contributed by atoms with E-state index >= 15 is 0 Å². The number of methoxy groups -OCH3 is 1. The van der Waals surface area contributed by atoms with Gasteiger partial charge in [-0.2, -0.15) is 11.8 Å². The number of fused-ring (bicyclic) bond motifs is 6. The van der Waals surface area contributed by atoms with E-state index in [4.69, 9.17) is 13.7 Å². The van der Waals surface area contributed by atoms with Gasteiger partial charge >= 0.3 is 0 Å². The molecule has 2 aliphatic carbocycles. The first-order chi connectivity index (χ1) is 28.6. The van der Waals surface area contributed by atoms with Crippen molar-refractivity contribution in [1.82, 2.24) is 0 Å². The molecular formula is C51H60Br4O3S2. The second-order valence-corrected chi connectivity index (χ2v) is 22.1. The normalized spacial score (nSPS) is 13.5. The van der Waals surface area contributed by atoms with E-state index in [1.165, 1.54) is 53.6 Å². The molecule has 0 bridgehead atoms. The maximum absolute atomic E-state index is 6.32. The Kier molecular flexibility index (Phi) is 20.4. The summed E-state index contributed by atoms with van der Waals surface area (Å²) in [6.07, 6.45) is 8.53. The van der Waals surface area contributed by atoms with Crippen LogP contribution in [-0.2, 0) is 24.9 Å². The molecule has 322 valence electrons. The zero-order valence-electron chi connectivity index (χ0n) is 37.0. The minimum absolute atomic E-state index is 0.183. The Hall–Kier alpha value is -1.50. The number of aryl methyl sites for hydroxylation is 2. The first kappa shape index (κ1) is 51.1. The number of benzene rings is 4. The third-order valence-corrected chi connectivity index (χ3v) is 14.6. The van der Waals surface area contributed by atoms with Crippen molar-refractivity contribution in [3.63, 3.8) is 0 Å². The summed E-state index contributed by atoms with van der Waals surface area (Å²) in [6.45, 7) is 19.9. The summed E-state index contributed by atoms with van der Waals surface area (Å²) in [5.41, 5.74) is 9.94. The van der Waals surface area contributed by atoms with E-state index in [-0.39, 0.29) is 6.79 Å². The van der Waals surface area contributed by atoms with Crippen molar-refractivity contribution in [3.05, 3.63) is 112 Å². The summed E-state index contributed by atoms with van der Waals surface area (Å²) in [5, 5.41) is 1.58. The van der Waals surface area contributed by atoms with E-state index in [1.807, 2.05) is 30.2 Å². The Balaban J connectivity index is 0.000000229. The van der Waals surface area contributed by atoms with Gasteiger partial charge in [0, 0.05) is 77.5 Å². The lowest BCUT2D eigenvalue weighted by atomic mass is 9.91. The third-order valence-electron chi connectivity index (χ3n) is 10.0. The Morgan fingerprint density at radius 3 is 1.60 bits per heavy atom. The molecular weight excluding hydrogens is 1040 g/mol. The van der Waals surface area contributed by atoms with Gasteiger partial charge in [-0.05, 0) is 107 Å². The van der Waals surface area contributed by atoms with Crippen molar-refractivity contribution in [3.8, 4) is 45.9 Å². The number of ether oxygens (including phenoxy) is 2. The van der Waals surface area contributed by atoms with E-state index < -0.39 is 11.2 Å². The zero-order valence-corrected chi connectivity index (χ0v) is 45.0. The molecule has 4 aromatic rings. The first-order valence-electron chi connectivity index (χ1n) is 20.8. The lowest BCUT2D eigenvalue weighted by Gasteiger charge is -2.26. The molecule has 6 rings (SSSR count). The SMILES string of the molecule is CC(C)SC(C)C.CCCCCCC#CC1(OCOC)c2cccc(Br)c2-c2c(Br)cccc21.CSOC1(C#CCC(C)C)c2cc(Br)c(C)cc2-c2cc(C)c(Br)cc21. The van der Waals surface area contributed by atoms with Gasteiger partial charge in [-0.25, -0.2) is 0 Å². The topological polar surface area (TPSA) is 27.7 Å². The van der Waals surface area contributed by atoms with Gasteiger partial charge in [0.15, 0.2) is 11.2 Å². The van der Waals surface area contributed by atoms with Crippen LogP contribution in [0, 0.1) is 43.4 Å². The summed E-state index contributed by atoms with van der Waals surface area (Å²) in [7, 11) is 1.64. The van der Waals surface area contributed by atoms with Gasteiger partial charge in [0.25, 0.3) is 0 Å². The van der Waals surface area contributed by atoms with Gasteiger partial charge in [0.2, 0.25) is 0 Å². The first-order valence-corrected chi connectivity index (χ1v) is 26.0. The standard InChI is InChI=1S/C23H24Br2O2.C22H22Br2OS.C6H14S/c1-3-4-5-6-7-8-15-23(27-16-26-2)17-11-9-13-19(24)21(17)22-18(23)12-10-14-20(22)25;1-13(2)7-6-8-22(25-26-5)18-11-20(23)14(3)9-16(18)17-10-15(4)21(24)12-19(17)22;1-5(2)7-6(3)4/h9-14H,3-7,16H2,1-2H3;9-13H,7H2,1-5H3;5-6H,1-4H3. The molecule has 0 atom stereocenters. The van der Waals surface area contributed by atoms with E-state index in [0.717, 1.165) is 81.0 Å². The maximum atomic E-state index is 6.32. The number of rotatable bonds is 12. The quantitative estimate of drug-likeness (QED) is 0.0610. The van der Waals surface area contributed by atoms with E-state index in [9.17, 15) is 0 Å². The van der Waals surface area contributed by atoms with Gasteiger partial charge in [-0.15, -0.1) is 0 Å². The number of hydrogen-bond acceptors (Lipinski definition) is 5. The molecule has 4 aromatic carbocycles. The Labute approximate surface area is 404 Å². The van der Waals surface area contributed by atoms with Crippen molar-refractivity contribution < 1.29 is 13.7 Å². The fourth-order valence-corrected chi connectivity index (χ4v) is 10.8. The van der Waals surface area contributed by atoms with Crippen LogP contribution in [0.15, 0.2) is 78.6 Å².